The Morgan fingerprint density at radius 1 is 1.29 bits per heavy atom. The summed E-state index contributed by atoms with van der Waals surface area (Å²) in [7, 11) is 0.0339. The van der Waals surface area contributed by atoms with Gasteiger partial charge in [0.05, 0.1) is 27.4 Å². The van der Waals surface area contributed by atoms with Gasteiger partial charge >= 0.3 is 5.97 Å². The SMILES string of the molecule is CCOC(=O)c1cc(OC)ccc1[Si](C)(C)C. The third-order valence-corrected chi connectivity index (χ3v) is 4.58. The Balaban J connectivity index is 3.26. The molecule has 0 aromatic heterocycles. The van der Waals surface area contributed by atoms with E-state index < -0.39 is 8.07 Å². The maximum absolute atomic E-state index is 11.9. The molecule has 1 aromatic carbocycles. The van der Waals surface area contributed by atoms with Gasteiger partial charge in [-0.2, -0.15) is 0 Å². The van der Waals surface area contributed by atoms with Crippen molar-refractivity contribution in [1.82, 2.24) is 0 Å². The molecule has 0 amide bonds. The first-order valence-corrected chi connectivity index (χ1v) is 9.25. The van der Waals surface area contributed by atoms with Gasteiger partial charge in [-0.05, 0) is 24.2 Å². The van der Waals surface area contributed by atoms with Crippen molar-refractivity contribution in [2.45, 2.75) is 26.6 Å². The van der Waals surface area contributed by atoms with Crippen LogP contribution in [-0.4, -0.2) is 27.8 Å². The minimum atomic E-state index is -1.56. The van der Waals surface area contributed by atoms with Gasteiger partial charge in [-0.15, -0.1) is 0 Å². The van der Waals surface area contributed by atoms with Gasteiger partial charge in [0.15, 0.2) is 0 Å². The second kappa shape index (κ2) is 5.36. The van der Waals surface area contributed by atoms with E-state index in [2.05, 4.69) is 19.6 Å². The monoisotopic (exact) mass is 252 g/mol. The first kappa shape index (κ1) is 13.8. The van der Waals surface area contributed by atoms with Crippen LogP contribution < -0.4 is 9.92 Å². The number of rotatable bonds is 4. The van der Waals surface area contributed by atoms with Gasteiger partial charge in [0.25, 0.3) is 0 Å². The maximum Gasteiger partial charge on any atom is 0.338 e. The number of hydrogen-bond acceptors (Lipinski definition) is 3. The smallest absolute Gasteiger partial charge is 0.338 e. The fourth-order valence-electron chi connectivity index (χ4n) is 1.68. The van der Waals surface area contributed by atoms with E-state index in [-0.39, 0.29) is 5.97 Å². The minimum absolute atomic E-state index is 0.260. The lowest BCUT2D eigenvalue weighted by atomic mass is 10.2. The van der Waals surface area contributed by atoms with Crippen LogP contribution in [0.1, 0.15) is 17.3 Å². The first-order chi connectivity index (χ1) is 7.90. The van der Waals surface area contributed by atoms with E-state index in [9.17, 15) is 4.79 Å². The number of esters is 1. The zero-order valence-electron chi connectivity index (χ0n) is 11.2. The molecule has 17 heavy (non-hydrogen) atoms. The van der Waals surface area contributed by atoms with Crippen molar-refractivity contribution in [2.24, 2.45) is 0 Å². The normalized spacial score (nSPS) is 11.1. The lowest BCUT2D eigenvalue weighted by Gasteiger charge is -2.20. The molecular formula is C13H20O3Si. The van der Waals surface area contributed by atoms with Crippen molar-refractivity contribution in [1.29, 1.82) is 0 Å². The van der Waals surface area contributed by atoms with Crippen LogP contribution in [0.4, 0.5) is 0 Å². The minimum Gasteiger partial charge on any atom is -0.497 e. The summed E-state index contributed by atoms with van der Waals surface area (Å²) in [5, 5.41) is 1.11. The molecule has 1 aromatic rings. The molecule has 1 rings (SSSR count). The summed E-state index contributed by atoms with van der Waals surface area (Å²) < 4.78 is 10.2. The Labute approximate surface area is 104 Å². The van der Waals surface area contributed by atoms with Crippen LogP contribution in [0.2, 0.25) is 19.6 Å². The highest BCUT2D eigenvalue weighted by molar-refractivity contribution is 6.89. The van der Waals surface area contributed by atoms with Crippen LogP contribution in [0.25, 0.3) is 0 Å². The van der Waals surface area contributed by atoms with Crippen molar-refractivity contribution < 1.29 is 14.3 Å². The summed E-state index contributed by atoms with van der Waals surface area (Å²) in [6, 6.07) is 5.65. The average Bonchev–Trinajstić information content (AvgIpc) is 2.27. The average molecular weight is 252 g/mol. The molecule has 0 heterocycles. The standard InChI is InChI=1S/C13H20O3Si/c1-6-16-13(14)11-9-10(15-2)7-8-12(11)17(3,4)5/h7-9H,6H2,1-5H3. The number of carbonyl (C=O) groups excluding carboxylic acids is 1. The van der Waals surface area contributed by atoms with Gasteiger partial charge in [0.2, 0.25) is 0 Å². The Hall–Kier alpha value is -1.29. The molecule has 0 aliphatic carbocycles. The third kappa shape index (κ3) is 3.33. The van der Waals surface area contributed by atoms with E-state index in [0.29, 0.717) is 17.9 Å². The van der Waals surface area contributed by atoms with Gasteiger partial charge in [-0.3, -0.25) is 0 Å². The third-order valence-electron chi connectivity index (χ3n) is 2.53. The van der Waals surface area contributed by atoms with Crippen LogP contribution in [-0.2, 0) is 4.74 Å². The molecule has 94 valence electrons. The summed E-state index contributed by atoms with van der Waals surface area (Å²) in [6.07, 6.45) is 0. The van der Waals surface area contributed by atoms with Gasteiger partial charge < -0.3 is 9.47 Å². The first-order valence-electron chi connectivity index (χ1n) is 5.75. The number of benzene rings is 1. The molecular weight excluding hydrogens is 232 g/mol. The topological polar surface area (TPSA) is 35.5 Å². The van der Waals surface area contributed by atoms with E-state index >= 15 is 0 Å². The van der Waals surface area contributed by atoms with E-state index in [4.69, 9.17) is 9.47 Å². The quantitative estimate of drug-likeness (QED) is 0.610. The maximum atomic E-state index is 11.9. The molecule has 0 aliphatic rings. The van der Waals surface area contributed by atoms with Crippen LogP contribution in [0.5, 0.6) is 5.75 Å². The number of methoxy groups -OCH3 is 1. The number of ether oxygens (including phenoxy) is 2. The Kier molecular flexibility index (Phi) is 4.34. The van der Waals surface area contributed by atoms with E-state index in [0.717, 1.165) is 5.19 Å². The highest BCUT2D eigenvalue weighted by Crippen LogP contribution is 2.16. The highest BCUT2D eigenvalue weighted by Gasteiger charge is 2.24. The molecule has 0 unspecified atom stereocenters. The zero-order valence-corrected chi connectivity index (χ0v) is 12.2. The van der Waals surface area contributed by atoms with Crippen LogP contribution in [0.15, 0.2) is 18.2 Å². The Morgan fingerprint density at radius 3 is 2.41 bits per heavy atom. The van der Waals surface area contributed by atoms with Crippen molar-refractivity contribution in [3.05, 3.63) is 23.8 Å². The lowest BCUT2D eigenvalue weighted by molar-refractivity contribution is 0.0527. The summed E-state index contributed by atoms with van der Waals surface area (Å²) in [5.74, 6) is 0.430. The summed E-state index contributed by atoms with van der Waals surface area (Å²) in [6.45, 7) is 8.82. The second-order valence-electron chi connectivity index (χ2n) is 4.88. The van der Waals surface area contributed by atoms with E-state index in [1.807, 2.05) is 19.1 Å². The summed E-state index contributed by atoms with van der Waals surface area (Å²) in [4.78, 5) is 11.9. The van der Waals surface area contributed by atoms with Crippen molar-refractivity contribution in [2.75, 3.05) is 13.7 Å². The predicted molar refractivity (Wildman–Crippen MR) is 71.9 cm³/mol. The summed E-state index contributed by atoms with van der Waals surface area (Å²) >= 11 is 0. The van der Waals surface area contributed by atoms with Gasteiger partial charge in [0.1, 0.15) is 5.75 Å². The zero-order chi connectivity index (χ0) is 13.1. The molecule has 0 bridgehead atoms. The predicted octanol–water partition coefficient (Wildman–Crippen LogP) is 2.42. The molecule has 0 saturated heterocycles. The molecule has 0 atom stereocenters. The fourth-order valence-corrected chi connectivity index (χ4v) is 3.25. The van der Waals surface area contributed by atoms with Gasteiger partial charge in [-0.1, -0.05) is 25.7 Å². The fraction of sp³-hybridized carbons (Fsp3) is 0.462. The lowest BCUT2D eigenvalue weighted by Crippen LogP contribution is -2.41. The Morgan fingerprint density at radius 2 is 1.94 bits per heavy atom. The van der Waals surface area contributed by atoms with Crippen molar-refractivity contribution in [3.8, 4) is 5.75 Å². The largest absolute Gasteiger partial charge is 0.497 e. The van der Waals surface area contributed by atoms with Gasteiger partial charge in [0, 0.05) is 0 Å². The van der Waals surface area contributed by atoms with E-state index in [1.165, 1.54) is 0 Å². The molecule has 0 fully saturated rings. The second-order valence-corrected chi connectivity index (χ2v) is 9.92. The molecule has 3 nitrogen and oxygen atoms in total. The van der Waals surface area contributed by atoms with Gasteiger partial charge in [-0.25, -0.2) is 4.79 Å². The molecule has 0 saturated carbocycles. The number of carbonyl (C=O) groups is 1. The molecule has 0 spiro atoms. The molecule has 4 heteroatoms. The van der Waals surface area contributed by atoms with E-state index in [1.54, 1.807) is 13.2 Å². The Bertz CT molecular complexity index is 408. The van der Waals surface area contributed by atoms with Crippen molar-refractivity contribution in [3.63, 3.8) is 0 Å². The van der Waals surface area contributed by atoms with Crippen LogP contribution in [0, 0.1) is 0 Å². The van der Waals surface area contributed by atoms with Crippen LogP contribution >= 0.6 is 0 Å². The van der Waals surface area contributed by atoms with Crippen LogP contribution in [0.3, 0.4) is 0 Å². The molecule has 0 radical (unpaired) electrons. The summed E-state index contributed by atoms with van der Waals surface area (Å²) in [5.41, 5.74) is 0.644. The van der Waals surface area contributed by atoms with Crippen molar-refractivity contribution >= 4 is 19.2 Å². The molecule has 0 aliphatic heterocycles. The number of hydrogen-bond donors (Lipinski definition) is 0. The highest BCUT2D eigenvalue weighted by atomic mass is 28.3. The molecule has 0 N–H and O–H groups in total.